The van der Waals surface area contributed by atoms with Gasteiger partial charge in [-0.05, 0) is 49.9 Å². The van der Waals surface area contributed by atoms with E-state index in [9.17, 15) is 9.18 Å². The van der Waals surface area contributed by atoms with Crippen LogP contribution >= 0.6 is 0 Å². The molecular weight excluding hydrogens is 243 g/mol. The van der Waals surface area contributed by atoms with E-state index in [1.54, 1.807) is 12.1 Å². The summed E-state index contributed by atoms with van der Waals surface area (Å²) in [4.78, 5) is 11.8. The Morgan fingerprint density at radius 1 is 1.37 bits per heavy atom. The van der Waals surface area contributed by atoms with Crippen molar-refractivity contribution < 1.29 is 9.18 Å². The van der Waals surface area contributed by atoms with Crippen LogP contribution in [0.3, 0.4) is 0 Å². The molecule has 104 valence electrons. The first-order valence-electron chi connectivity index (χ1n) is 6.88. The molecule has 1 aromatic rings. The molecule has 2 N–H and O–H groups in total. The van der Waals surface area contributed by atoms with Crippen LogP contribution in [0, 0.1) is 11.7 Å². The van der Waals surface area contributed by atoms with E-state index >= 15 is 0 Å². The number of carbonyl (C=O) groups excluding carboxylic acids is 1. The van der Waals surface area contributed by atoms with Gasteiger partial charge in [-0.1, -0.05) is 12.1 Å². The summed E-state index contributed by atoms with van der Waals surface area (Å²) in [6.07, 6.45) is 2.64. The maximum absolute atomic E-state index is 12.7. The summed E-state index contributed by atoms with van der Waals surface area (Å²) < 4.78 is 12.7. The lowest BCUT2D eigenvalue weighted by Gasteiger charge is -2.27. The highest BCUT2D eigenvalue weighted by Gasteiger charge is 2.17. The third-order valence-electron chi connectivity index (χ3n) is 3.63. The number of benzene rings is 1. The molecule has 1 aliphatic heterocycles. The zero-order valence-corrected chi connectivity index (χ0v) is 11.3. The van der Waals surface area contributed by atoms with Crippen LogP contribution in [0.4, 0.5) is 4.39 Å². The molecule has 1 amide bonds. The average Bonchev–Trinajstić information content (AvgIpc) is 2.41. The number of rotatable bonds is 4. The van der Waals surface area contributed by atoms with Crippen LogP contribution in [0.5, 0.6) is 0 Å². The highest BCUT2D eigenvalue weighted by Crippen LogP contribution is 2.13. The van der Waals surface area contributed by atoms with Gasteiger partial charge in [-0.3, -0.25) is 4.79 Å². The first kappa shape index (κ1) is 14.0. The maximum atomic E-state index is 12.7. The summed E-state index contributed by atoms with van der Waals surface area (Å²) in [6, 6.07) is 6.66. The molecule has 1 aliphatic rings. The van der Waals surface area contributed by atoms with Gasteiger partial charge in [0, 0.05) is 12.6 Å². The molecule has 1 saturated heterocycles. The summed E-state index contributed by atoms with van der Waals surface area (Å²) >= 11 is 0. The van der Waals surface area contributed by atoms with Crippen LogP contribution in [0.1, 0.15) is 25.3 Å². The smallest absolute Gasteiger partial charge is 0.224 e. The second-order valence-electron chi connectivity index (χ2n) is 5.36. The third kappa shape index (κ3) is 4.63. The first-order valence-corrected chi connectivity index (χ1v) is 6.88. The summed E-state index contributed by atoms with van der Waals surface area (Å²) in [6.45, 7) is 3.88. The van der Waals surface area contributed by atoms with E-state index in [0.29, 0.717) is 18.4 Å². The van der Waals surface area contributed by atoms with Crippen molar-refractivity contribution in [1.29, 1.82) is 0 Å². The van der Waals surface area contributed by atoms with Gasteiger partial charge in [0.1, 0.15) is 5.82 Å². The summed E-state index contributed by atoms with van der Waals surface area (Å²) in [5.41, 5.74) is 0.842. The molecule has 1 heterocycles. The topological polar surface area (TPSA) is 41.1 Å². The fourth-order valence-electron chi connectivity index (χ4n) is 2.34. The van der Waals surface area contributed by atoms with Gasteiger partial charge in [-0.25, -0.2) is 4.39 Å². The van der Waals surface area contributed by atoms with Gasteiger partial charge in [-0.15, -0.1) is 0 Å². The van der Waals surface area contributed by atoms with Crippen molar-refractivity contribution >= 4 is 5.91 Å². The fourth-order valence-corrected chi connectivity index (χ4v) is 2.34. The van der Waals surface area contributed by atoms with E-state index in [0.717, 1.165) is 25.1 Å². The highest BCUT2D eigenvalue weighted by molar-refractivity contribution is 5.78. The van der Waals surface area contributed by atoms with Gasteiger partial charge in [0.2, 0.25) is 5.91 Å². The minimum Gasteiger partial charge on any atom is -0.355 e. The molecule has 19 heavy (non-hydrogen) atoms. The van der Waals surface area contributed by atoms with Gasteiger partial charge in [0.15, 0.2) is 0 Å². The lowest BCUT2D eigenvalue weighted by atomic mass is 9.95. The Hall–Kier alpha value is -1.42. The van der Waals surface area contributed by atoms with E-state index in [1.807, 2.05) is 0 Å². The molecule has 1 aromatic carbocycles. The number of carbonyl (C=O) groups is 1. The third-order valence-corrected chi connectivity index (χ3v) is 3.63. The van der Waals surface area contributed by atoms with Crippen molar-refractivity contribution in [2.45, 2.75) is 32.2 Å². The van der Waals surface area contributed by atoms with Crippen LogP contribution in [-0.4, -0.2) is 25.0 Å². The van der Waals surface area contributed by atoms with Crippen molar-refractivity contribution in [3.8, 4) is 0 Å². The molecule has 0 saturated carbocycles. The van der Waals surface area contributed by atoms with E-state index in [4.69, 9.17) is 0 Å². The Labute approximate surface area is 113 Å². The van der Waals surface area contributed by atoms with Gasteiger partial charge < -0.3 is 10.6 Å². The first-order chi connectivity index (χ1) is 9.13. The van der Waals surface area contributed by atoms with Crippen LogP contribution in [0.25, 0.3) is 0 Å². The highest BCUT2D eigenvalue weighted by atomic mass is 19.1. The molecular formula is C15H21FN2O. The van der Waals surface area contributed by atoms with E-state index in [1.165, 1.54) is 18.6 Å². The Morgan fingerprint density at radius 3 is 2.74 bits per heavy atom. The van der Waals surface area contributed by atoms with Gasteiger partial charge in [0.25, 0.3) is 0 Å². The number of hydrogen-bond acceptors (Lipinski definition) is 2. The van der Waals surface area contributed by atoms with Crippen LogP contribution in [0.2, 0.25) is 0 Å². The SMILES string of the molecule is CC1CCC(CNC(=O)Cc2ccc(F)cc2)CN1. The lowest BCUT2D eigenvalue weighted by molar-refractivity contribution is -0.120. The largest absolute Gasteiger partial charge is 0.355 e. The van der Waals surface area contributed by atoms with E-state index in [-0.39, 0.29) is 11.7 Å². The molecule has 3 nitrogen and oxygen atoms in total. The van der Waals surface area contributed by atoms with Gasteiger partial charge in [0.05, 0.1) is 6.42 Å². The molecule has 2 atom stereocenters. The fraction of sp³-hybridized carbons (Fsp3) is 0.533. The lowest BCUT2D eigenvalue weighted by Crippen LogP contribution is -2.42. The number of piperidine rings is 1. The Kier molecular flexibility index (Phi) is 4.91. The molecule has 2 rings (SSSR count). The van der Waals surface area contributed by atoms with Crippen molar-refractivity contribution in [3.05, 3.63) is 35.6 Å². The van der Waals surface area contributed by atoms with Crippen molar-refractivity contribution in [2.75, 3.05) is 13.1 Å². The number of hydrogen-bond donors (Lipinski definition) is 2. The predicted molar refractivity (Wildman–Crippen MR) is 73.3 cm³/mol. The molecule has 0 aromatic heterocycles. The Bertz CT molecular complexity index is 411. The normalized spacial score (nSPS) is 23.1. The second kappa shape index (κ2) is 6.66. The molecule has 4 heteroatoms. The van der Waals surface area contributed by atoms with Crippen LogP contribution < -0.4 is 10.6 Å². The van der Waals surface area contributed by atoms with E-state index < -0.39 is 0 Å². The van der Waals surface area contributed by atoms with Crippen molar-refractivity contribution in [2.24, 2.45) is 5.92 Å². The van der Waals surface area contributed by atoms with Crippen LogP contribution in [-0.2, 0) is 11.2 Å². The predicted octanol–water partition coefficient (Wildman–Crippen LogP) is 1.87. The summed E-state index contributed by atoms with van der Waals surface area (Å²) in [5, 5.41) is 6.38. The molecule has 0 radical (unpaired) electrons. The molecule has 0 bridgehead atoms. The second-order valence-corrected chi connectivity index (χ2v) is 5.36. The minimum atomic E-state index is -0.272. The zero-order valence-electron chi connectivity index (χ0n) is 11.3. The molecule has 0 aliphatic carbocycles. The van der Waals surface area contributed by atoms with Crippen LogP contribution in [0.15, 0.2) is 24.3 Å². The molecule has 1 fully saturated rings. The minimum absolute atomic E-state index is 0.00484. The Morgan fingerprint density at radius 2 is 2.11 bits per heavy atom. The zero-order chi connectivity index (χ0) is 13.7. The molecule has 0 spiro atoms. The average molecular weight is 264 g/mol. The van der Waals surface area contributed by atoms with Crippen molar-refractivity contribution in [3.63, 3.8) is 0 Å². The van der Waals surface area contributed by atoms with Gasteiger partial charge in [-0.2, -0.15) is 0 Å². The summed E-state index contributed by atoms with van der Waals surface area (Å²) in [7, 11) is 0. The molecule has 2 unspecified atom stereocenters. The number of nitrogens with one attached hydrogen (secondary N) is 2. The van der Waals surface area contributed by atoms with Crippen molar-refractivity contribution in [1.82, 2.24) is 10.6 Å². The maximum Gasteiger partial charge on any atom is 0.224 e. The summed E-state index contributed by atoms with van der Waals surface area (Å²) in [5.74, 6) is 0.255. The Balaban J connectivity index is 1.71. The van der Waals surface area contributed by atoms with E-state index in [2.05, 4.69) is 17.6 Å². The standard InChI is InChI=1S/C15H21FN2O/c1-11-2-3-13(9-17-11)10-18-15(19)8-12-4-6-14(16)7-5-12/h4-7,11,13,17H,2-3,8-10H2,1H3,(H,18,19). The quantitative estimate of drug-likeness (QED) is 0.871. The monoisotopic (exact) mass is 264 g/mol. The van der Waals surface area contributed by atoms with Gasteiger partial charge >= 0.3 is 0 Å². The number of amides is 1. The number of halogens is 1.